The summed E-state index contributed by atoms with van der Waals surface area (Å²) in [6.45, 7) is 10.4. The van der Waals surface area contributed by atoms with Crippen molar-refractivity contribution < 1.29 is 4.74 Å². The van der Waals surface area contributed by atoms with E-state index in [0.29, 0.717) is 11.8 Å². The smallest absolute Gasteiger partial charge is 0.126 e. The Kier molecular flexibility index (Phi) is 6.20. The molecule has 0 aromatic heterocycles. The Morgan fingerprint density at radius 1 is 1.00 bits per heavy atom. The zero-order chi connectivity index (χ0) is 13.5. The Labute approximate surface area is 112 Å². The fraction of sp³-hybridized carbons (Fsp3) is 0.625. The van der Waals surface area contributed by atoms with Crippen molar-refractivity contribution in [2.75, 3.05) is 13.2 Å². The van der Waals surface area contributed by atoms with Gasteiger partial charge in [0.15, 0.2) is 0 Å². The summed E-state index contributed by atoms with van der Waals surface area (Å²) in [5.41, 5.74) is 8.14. The Bertz CT molecular complexity index is 332. The van der Waals surface area contributed by atoms with E-state index in [0.717, 1.165) is 31.7 Å². The normalized spacial score (nSPS) is 11.3. The number of rotatable bonds is 7. The maximum atomic E-state index is 6.04. The van der Waals surface area contributed by atoms with Crippen LogP contribution in [0, 0.1) is 0 Å². The molecule has 18 heavy (non-hydrogen) atoms. The van der Waals surface area contributed by atoms with Gasteiger partial charge in [0.2, 0.25) is 0 Å². The topological polar surface area (TPSA) is 35.2 Å². The molecule has 0 aliphatic heterocycles. The summed E-state index contributed by atoms with van der Waals surface area (Å²) in [6.07, 6.45) is 2.06. The van der Waals surface area contributed by atoms with Crippen LogP contribution < -0.4 is 10.5 Å². The van der Waals surface area contributed by atoms with Gasteiger partial charge in [-0.15, -0.1) is 0 Å². The van der Waals surface area contributed by atoms with Crippen molar-refractivity contribution in [2.45, 2.75) is 52.4 Å². The predicted octanol–water partition coefficient (Wildman–Crippen LogP) is 4.05. The van der Waals surface area contributed by atoms with Gasteiger partial charge in [0.1, 0.15) is 5.75 Å². The molecule has 2 N–H and O–H groups in total. The van der Waals surface area contributed by atoms with Crippen LogP contribution in [-0.2, 0) is 0 Å². The van der Waals surface area contributed by atoms with Gasteiger partial charge in [0, 0.05) is 0 Å². The number of unbranched alkanes of at least 4 members (excludes halogenated alkanes) is 1. The maximum absolute atomic E-state index is 6.04. The summed E-state index contributed by atoms with van der Waals surface area (Å²) >= 11 is 0. The third-order valence-corrected chi connectivity index (χ3v) is 3.16. The van der Waals surface area contributed by atoms with Gasteiger partial charge in [0.05, 0.1) is 6.61 Å². The first kappa shape index (κ1) is 15.0. The lowest BCUT2D eigenvalue weighted by molar-refractivity contribution is 0.299. The molecule has 0 atom stereocenters. The average Bonchev–Trinajstić information content (AvgIpc) is 2.34. The molecule has 0 saturated carbocycles. The van der Waals surface area contributed by atoms with E-state index in [2.05, 4.69) is 45.9 Å². The summed E-state index contributed by atoms with van der Waals surface area (Å²) in [7, 11) is 0. The van der Waals surface area contributed by atoms with Gasteiger partial charge in [0.25, 0.3) is 0 Å². The first-order chi connectivity index (χ1) is 8.57. The molecule has 0 spiro atoms. The first-order valence-electron chi connectivity index (χ1n) is 7.03. The third kappa shape index (κ3) is 4.02. The molecule has 0 aliphatic rings. The summed E-state index contributed by atoms with van der Waals surface area (Å²) in [5, 5.41) is 0. The van der Waals surface area contributed by atoms with Gasteiger partial charge in [-0.1, -0.05) is 45.9 Å². The molecular formula is C16H27NO. The summed E-state index contributed by atoms with van der Waals surface area (Å²) in [5.74, 6) is 2.08. The van der Waals surface area contributed by atoms with E-state index in [1.807, 2.05) is 0 Å². The van der Waals surface area contributed by atoms with Crippen molar-refractivity contribution in [1.82, 2.24) is 0 Å². The molecule has 0 bridgehead atoms. The van der Waals surface area contributed by atoms with Crippen LogP contribution in [0.3, 0.4) is 0 Å². The Morgan fingerprint density at radius 3 is 2.00 bits per heavy atom. The van der Waals surface area contributed by atoms with Gasteiger partial charge < -0.3 is 10.5 Å². The second-order valence-electron chi connectivity index (χ2n) is 5.42. The minimum atomic E-state index is 0.494. The van der Waals surface area contributed by atoms with E-state index in [1.54, 1.807) is 0 Å². The first-order valence-corrected chi connectivity index (χ1v) is 7.03. The van der Waals surface area contributed by atoms with Crippen LogP contribution >= 0.6 is 0 Å². The van der Waals surface area contributed by atoms with E-state index >= 15 is 0 Å². The fourth-order valence-electron chi connectivity index (χ4n) is 2.07. The van der Waals surface area contributed by atoms with Crippen molar-refractivity contribution in [2.24, 2.45) is 5.73 Å². The van der Waals surface area contributed by atoms with Crippen LogP contribution in [0.2, 0.25) is 0 Å². The van der Waals surface area contributed by atoms with Crippen LogP contribution in [0.15, 0.2) is 18.2 Å². The number of ether oxygens (including phenoxy) is 1. The number of hydrogen-bond donors (Lipinski definition) is 1. The highest BCUT2D eigenvalue weighted by atomic mass is 16.5. The SMILES string of the molecule is CC(C)c1cccc(C(C)C)c1OCCCCN. The summed E-state index contributed by atoms with van der Waals surface area (Å²) in [4.78, 5) is 0. The van der Waals surface area contributed by atoms with Gasteiger partial charge in [-0.2, -0.15) is 0 Å². The van der Waals surface area contributed by atoms with Crippen molar-refractivity contribution in [3.8, 4) is 5.75 Å². The van der Waals surface area contributed by atoms with Crippen LogP contribution in [-0.4, -0.2) is 13.2 Å². The van der Waals surface area contributed by atoms with E-state index in [1.165, 1.54) is 11.1 Å². The third-order valence-electron chi connectivity index (χ3n) is 3.16. The predicted molar refractivity (Wildman–Crippen MR) is 78.4 cm³/mol. The molecule has 1 aromatic rings. The zero-order valence-corrected chi connectivity index (χ0v) is 12.2. The van der Waals surface area contributed by atoms with Crippen molar-refractivity contribution in [3.63, 3.8) is 0 Å². The molecule has 1 rings (SSSR count). The van der Waals surface area contributed by atoms with Crippen LogP contribution in [0.5, 0.6) is 5.75 Å². The Balaban J connectivity index is 2.89. The van der Waals surface area contributed by atoms with Gasteiger partial charge in [-0.25, -0.2) is 0 Å². The molecule has 2 heteroatoms. The molecule has 0 fully saturated rings. The second-order valence-corrected chi connectivity index (χ2v) is 5.42. The Hall–Kier alpha value is -1.02. The highest BCUT2D eigenvalue weighted by Gasteiger charge is 2.14. The molecular weight excluding hydrogens is 222 g/mol. The molecule has 102 valence electrons. The molecule has 2 nitrogen and oxygen atoms in total. The van der Waals surface area contributed by atoms with Crippen molar-refractivity contribution >= 4 is 0 Å². The largest absolute Gasteiger partial charge is 0.493 e. The van der Waals surface area contributed by atoms with Crippen LogP contribution in [0.4, 0.5) is 0 Å². The lowest BCUT2D eigenvalue weighted by Gasteiger charge is -2.19. The minimum absolute atomic E-state index is 0.494. The molecule has 0 radical (unpaired) electrons. The second kappa shape index (κ2) is 7.42. The van der Waals surface area contributed by atoms with Crippen LogP contribution in [0.1, 0.15) is 63.5 Å². The molecule has 0 unspecified atom stereocenters. The maximum Gasteiger partial charge on any atom is 0.126 e. The summed E-state index contributed by atoms with van der Waals surface area (Å²) < 4.78 is 6.04. The van der Waals surface area contributed by atoms with Gasteiger partial charge >= 0.3 is 0 Å². The lowest BCUT2D eigenvalue weighted by Crippen LogP contribution is -2.07. The van der Waals surface area contributed by atoms with Crippen LogP contribution in [0.25, 0.3) is 0 Å². The number of nitrogens with two attached hydrogens (primary N) is 1. The highest BCUT2D eigenvalue weighted by Crippen LogP contribution is 2.34. The van der Waals surface area contributed by atoms with Crippen molar-refractivity contribution in [1.29, 1.82) is 0 Å². The van der Waals surface area contributed by atoms with Gasteiger partial charge in [-0.05, 0) is 42.3 Å². The quantitative estimate of drug-likeness (QED) is 0.740. The highest BCUT2D eigenvalue weighted by molar-refractivity contribution is 5.44. The van der Waals surface area contributed by atoms with E-state index in [9.17, 15) is 0 Å². The Morgan fingerprint density at radius 2 is 1.56 bits per heavy atom. The molecule has 0 amide bonds. The fourth-order valence-corrected chi connectivity index (χ4v) is 2.07. The molecule has 0 heterocycles. The van der Waals surface area contributed by atoms with E-state index < -0.39 is 0 Å². The lowest BCUT2D eigenvalue weighted by atomic mass is 9.94. The van der Waals surface area contributed by atoms with Gasteiger partial charge in [-0.3, -0.25) is 0 Å². The standard InChI is InChI=1S/C16H27NO/c1-12(2)14-8-7-9-15(13(3)4)16(14)18-11-6-5-10-17/h7-9,12-13H,5-6,10-11,17H2,1-4H3. The zero-order valence-electron chi connectivity index (χ0n) is 12.2. The monoisotopic (exact) mass is 249 g/mol. The van der Waals surface area contributed by atoms with Crippen molar-refractivity contribution in [3.05, 3.63) is 29.3 Å². The average molecular weight is 249 g/mol. The number of para-hydroxylation sites is 1. The summed E-state index contributed by atoms with van der Waals surface area (Å²) in [6, 6.07) is 6.49. The van der Waals surface area contributed by atoms with E-state index in [-0.39, 0.29) is 0 Å². The molecule has 1 aromatic carbocycles. The molecule has 0 aliphatic carbocycles. The number of hydrogen-bond acceptors (Lipinski definition) is 2. The minimum Gasteiger partial charge on any atom is -0.493 e. The molecule has 0 saturated heterocycles. The number of benzene rings is 1. The van der Waals surface area contributed by atoms with E-state index in [4.69, 9.17) is 10.5 Å².